The predicted molar refractivity (Wildman–Crippen MR) is 93.6 cm³/mol. The van der Waals surface area contributed by atoms with E-state index in [2.05, 4.69) is 18.5 Å². The number of nitrogens with zero attached hydrogens (tertiary/aromatic N) is 1. The van der Waals surface area contributed by atoms with Crippen LogP contribution in [0.25, 0.3) is 0 Å². The van der Waals surface area contributed by atoms with Gasteiger partial charge in [-0.15, -0.1) is 6.58 Å². The number of aliphatic hydroxyl groups is 1. The Morgan fingerprint density at radius 2 is 2.08 bits per heavy atom. The van der Waals surface area contributed by atoms with E-state index < -0.39 is 18.0 Å². The second-order valence-electron chi connectivity index (χ2n) is 5.49. The molecule has 1 heterocycles. The molecule has 8 nitrogen and oxygen atoms in total. The monoisotopic (exact) mass is 372 g/mol. The van der Waals surface area contributed by atoms with E-state index in [1.54, 1.807) is 0 Å². The molecule has 1 fully saturated rings. The van der Waals surface area contributed by atoms with Crippen molar-refractivity contribution in [2.24, 2.45) is 0 Å². The number of carbonyl (C=O) groups is 3. The van der Waals surface area contributed by atoms with Crippen molar-refractivity contribution in [1.82, 2.24) is 10.2 Å². The molecule has 0 bridgehead atoms. The molecular weight excluding hydrogens is 348 g/mol. The van der Waals surface area contributed by atoms with Gasteiger partial charge in [0.25, 0.3) is 5.91 Å². The van der Waals surface area contributed by atoms with Gasteiger partial charge in [-0.25, -0.2) is 4.79 Å². The Morgan fingerprint density at radius 1 is 1.40 bits per heavy atom. The predicted octanol–water partition coefficient (Wildman–Crippen LogP) is 1.02. The van der Waals surface area contributed by atoms with Gasteiger partial charge in [0.2, 0.25) is 6.41 Å². The largest absolute Gasteiger partial charge is 0.445 e. The van der Waals surface area contributed by atoms with E-state index in [4.69, 9.17) is 9.47 Å². The van der Waals surface area contributed by atoms with Gasteiger partial charge in [0.05, 0.1) is 6.61 Å². The van der Waals surface area contributed by atoms with E-state index in [9.17, 15) is 19.5 Å². The number of hydrogen-bond donors (Lipinski definition) is 2. The van der Waals surface area contributed by atoms with Crippen LogP contribution in [-0.2, 0) is 19.1 Å². The molecule has 0 aromatic carbocycles. The summed E-state index contributed by atoms with van der Waals surface area (Å²) in [6, 6.07) is -0.476. The van der Waals surface area contributed by atoms with Gasteiger partial charge >= 0.3 is 6.09 Å². The van der Waals surface area contributed by atoms with Crippen molar-refractivity contribution < 1.29 is 29.0 Å². The Labute approximate surface area is 151 Å². The van der Waals surface area contributed by atoms with E-state index >= 15 is 0 Å². The molecule has 3 atom stereocenters. The first-order valence-corrected chi connectivity index (χ1v) is 8.63. The Bertz CT molecular complexity index is 515. The Hall–Kier alpha value is -1.84. The average Bonchev–Trinajstić information content (AvgIpc) is 2.92. The molecule has 0 saturated carbocycles. The summed E-state index contributed by atoms with van der Waals surface area (Å²) < 4.78 is 10.3. The van der Waals surface area contributed by atoms with Gasteiger partial charge in [0, 0.05) is 31.2 Å². The fraction of sp³-hybridized carbons (Fsp3) is 0.562. The minimum Gasteiger partial charge on any atom is -0.445 e. The van der Waals surface area contributed by atoms with Gasteiger partial charge in [0.1, 0.15) is 6.61 Å². The maximum Gasteiger partial charge on any atom is 0.410 e. The normalized spacial score (nSPS) is 21.9. The zero-order valence-corrected chi connectivity index (χ0v) is 15.0. The summed E-state index contributed by atoms with van der Waals surface area (Å²) in [5.74, 6) is -1.95. The smallest absolute Gasteiger partial charge is 0.410 e. The molecule has 0 radical (unpaired) electrons. The highest BCUT2D eigenvalue weighted by atomic mass is 32.2. The van der Waals surface area contributed by atoms with Gasteiger partial charge in [-0.3, -0.25) is 9.59 Å². The first-order chi connectivity index (χ1) is 11.8. The third-order valence-corrected chi connectivity index (χ3v) is 4.51. The molecule has 0 aromatic heterocycles. The molecule has 2 N–H and O–H groups in total. The van der Waals surface area contributed by atoms with E-state index in [-0.39, 0.29) is 30.0 Å². The fourth-order valence-corrected chi connectivity index (χ4v) is 3.61. The summed E-state index contributed by atoms with van der Waals surface area (Å²) in [7, 11) is 0. The van der Waals surface area contributed by atoms with Crippen LogP contribution in [0, 0.1) is 0 Å². The molecule has 2 amide bonds. The molecule has 9 heteroatoms. The second kappa shape index (κ2) is 10.2. The van der Waals surface area contributed by atoms with Gasteiger partial charge in [-0.05, 0) is 6.42 Å². The van der Waals surface area contributed by atoms with Crippen LogP contribution in [0.15, 0.2) is 25.3 Å². The van der Waals surface area contributed by atoms with E-state index in [1.165, 1.54) is 24.0 Å². The van der Waals surface area contributed by atoms with Crippen LogP contribution in [0.1, 0.15) is 19.8 Å². The summed E-state index contributed by atoms with van der Waals surface area (Å²) in [5, 5.41) is 12.5. The van der Waals surface area contributed by atoms with Gasteiger partial charge in [-0.2, -0.15) is 0 Å². The summed E-state index contributed by atoms with van der Waals surface area (Å²) in [6.45, 7) is 8.79. The fourth-order valence-electron chi connectivity index (χ4n) is 2.59. The highest BCUT2D eigenvalue weighted by Crippen LogP contribution is 2.32. The van der Waals surface area contributed by atoms with Crippen LogP contribution >= 0.6 is 11.8 Å². The summed E-state index contributed by atoms with van der Waals surface area (Å²) in [5.41, 5.74) is 0. The quantitative estimate of drug-likeness (QED) is 0.335. The Morgan fingerprint density at radius 3 is 2.64 bits per heavy atom. The Balaban J connectivity index is 2.89. The number of thioether (sulfide) groups is 1. The van der Waals surface area contributed by atoms with Crippen LogP contribution in [0.4, 0.5) is 4.79 Å². The van der Waals surface area contributed by atoms with Gasteiger partial charge in [0.15, 0.2) is 5.12 Å². The number of rotatable bonds is 10. The standard InChI is InChI=1S/C16H24N2O6S/c1-4-6-23-15(21)18-10-14(25-12(3)20)8-13(18)9-16(22,17-11-19)24-7-5-2/h4-5,11,13-14,22H,1-2,6-10H2,3H3,(H,17,19)/t13-,14+,16?/m1/s1. The lowest BCUT2D eigenvalue weighted by Gasteiger charge is -2.32. The lowest BCUT2D eigenvalue weighted by Crippen LogP contribution is -2.52. The molecule has 1 rings (SSSR count). The molecule has 25 heavy (non-hydrogen) atoms. The molecule has 0 spiro atoms. The number of nitrogens with one attached hydrogen (secondary N) is 1. The van der Waals surface area contributed by atoms with Crippen molar-refractivity contribution in [3.63, 3.8) is 0 Å². The van der Waals surface area contributed by atoms with Crippen molar-refractivity contribution >= 4 is 29.4 Å². The molecular formula is C16H24N2O6S. The number of ether oxygens (including phenoxy) is 2. The van der Waals surface area contributed by atoms with Crippen LogP contribution in [0.5, 0.6) is 0 Å². The zero-order chi connectivity index (χ0) is 18.9. The van der Waals surface area contributed by atoms with Crippen molar-refractivity contribution in [3.05, 3.63) is 25.3 Å². The highest BCUT2D eigenvalue weighted by Gasteiger charge is 2.42. The van der Waals surface area contributed by atoms with Crippen molar-refractivity contribution in [2.45, 2.75) is 37.0 Å². The summed E-state index contributed by atoms with van der Waals surface area (Å²) in [4.78, 5) is 35.8. The minimum absolute atomic E-state index is 0.0105. The second-order valence-corrected chi connectivity index (χ2v) is 6.97. The molecule has 1 saturated heterocycles. The Kier molecular flexibility index (Phi) is 8.67. The van der Waals surface area contributed by atoms with Crippen molar-refractivity contribution in [2.75, 3.05) is 19.8 Å². The number of hydrogen-bond acceptors (Lipinski definition) is 7. The first kappa shape index (κ1) is 21.2. The molecule has 1 aliphatic heterocycles. The minimum atomic E-state index is -1.95. The maximum atomic E-state index is 12.2. The molecule has 140 valence electrons. The van der Waals surface area contributed by atoms with Gasteiger partial charge < -0.3 is 24.8 Å². The van der Waals surface area contributed by atoms with Crippen LogP contribution < -0.4 is 5.32 Å². The van der Waals surface area contributed by atoms with Crippen LogP contribution in [0.2, 0.25) is 0 Å². The summed E-state index contributed by atoms with van der Waals surface area (Å²) in [6.07, 6.45) is 3.00. The number of likely N-dealkylation sites (tertiary alicyclic amines) is 1. The lowest BCUT2D eigenvalue weighted by atomic mass is 10.1. The lowest BCUT2D eigenvalue weighted by molar-refractivity contribution is -0.223. The third kappa shape index (κ3) is 6.89. The van der Waals surface area contributed by atoms with E-state index in [0.717, 1.165) is 11.8 Å². The maximum absolute atomic E-state index is 12.2. The van der Waals surface area contributed by atoms with E-state index in [0.29, 0.717) is 19.4 Å². The number of amides is 2. The first-order valence-electron chi connectivity index (χ1n) is 7.75. The summed E-state index contributed by atoms with van der Waals surface area (Å²) >= 11 is 1.13. The van der Waals surface area contributed by atoms with Crippen LogP contribution in [0.3, 0.4) is 0 Å². The van der Waals surface area contributed by atoms with Crippen molar-refractivity contribution in [1.29, 1.82) is 0 Å². The molecule has 0 aromatic rings. The molecule has 0 aliphatic carbocycles. The molecule has 1 aliphatic rings. The third-order valence-electron chi connectivity index (χ3n) is 3.50. The molecule has 1 unspecified atom stereocenters. The van der Waals surface area contributed by atoms with Crippen molar-refractivity contribution in [3.8, 4) is 0 Å². The topological polar surface area (TPSA) is 105 Å². The zero-order valence-electron chi connectivity index (χ0n) is 14.2. The number of carbonyl (C=O) groups excluding carboxylic acids is 3. The van der Waals surface area contributed by atoms with E-state index in [1.807, 2.05) is 0 Å². The average molecular weight is 372 g/mol. The van der Waals surface area contributed by atoms with Crippen LogP contribution in [-0.4, -0.2) is 64.6 Å². The highest BCUT2D eigenvalue weighted by molar-refractivity contribution is 8.14. The van der Waals surface area contributed by atoms with Gasteiger partial charge in [-0.1, -0.05) is 30.5 Å². The SMILES string of the molecule is C=CCOC(=O)N1C[C@@H](SC(C)=O)C[C@@H]1CC(O)(NC=O)OCC=C.